The Hall–Kier alpha value is -2.99. The normalized spacial score (nSPS) is 11.3. The first-order chi connectivity index (χ1) is 12.8. The number of hydrogen-bond acceptors (Lipinski definition) is 3. The molecular weight excluding hydrogens is 347 g/mol. The van der Waals surface area contributed by atoms with E-state index in [-0.39, 0.29) is 23.6 Å². The van der Waals surface area contributed by atoms with Crippen LogP contribution in [0.25, 0.3) is 21.9 Å². The standard InChI is InChI=1S/C21H21FN2O3/c1-12(2)11-24-18(10-23)19(13-4-3-5-15(22)8-13)17-9-14(21(26)27)6-7-16(17)20(24)25/h3-9,12H,10-11,23H2,1-2H3,(H,26,27). The van der Waals surface area contributed by atoms with Crippen molar-refractivity contribution >= 4 is 16.7 Å². The highest BCUT2D eigenvalue weighted by Crippen LogP contribution is 2.32. The summed E-state index contributed by atoms with van der Waals surface area (Å²) in [6, 6.07) is 10.4. The maximum atomic E-state index is 13.9. The summed E-state index contributed by atoms with van der Waals surface area (Å²) in [6.07, 6.45) is 0. The molecule has 0 saturated carbocycles. The molecule has 1 heterocycles. The first-order valence-corrected chi connectivity index (χ1v) is 8.72. The lowest BCUT2D eigenvalue weighted by molar-refractivity contribution is 0.0697. The summed E-state index contributed by atoms with van der Waals surface area (Å²) in [4.78, 5) is 24.5. The monoisotopic (exact) mass is 368 g/mol. The van der Waals surface area contributed by atoms with Gasteiger partial charge in [-0.25, -0.2) is 9.18 Å². The van der Waals surface area contributed by atoms with Crippen LogP contribution >= 0.6 is 0 Å². The minimum Gasteiger partial charge on any atom is -0.478 e. The van der Waals surface area contributed by atoms with E-state index in [1.165, 1.54) is 30.3 Å². The van der Waals surface area contributed by atoms with Crippen molar-refractivity contribution in [3.05, 3.63) is 69.9 Å². The molecule has 0 bridgehead atoms. The lowest BCUT2D eigenvalue weighted by atomic mass is 9.95. The van der Waals surface area contributed by atoms with Gasteiger partial charge in [0.25, 0.3) is 5.56 Å². The van der Waals surface area contributed by atoms with Gasteiger partial charge in [-0.2, -0.15) is 0 Å². The molecule has 0 amide bonds. The zero-order valence-electron chi connectivity index (χ0n) is 15.2. The molecule has 2 aromatic carbocycles. The Bertz CT molecular complexity index is 1090. The minimum atomic E-state index is -1.09. The van der Waals surface area contributed by atoms with Gasteiger partial charge in [0.15, 0.2) is 0 Å². The number of fused-ring (bicyclic) bond motifs is 1. The predicted molar refractivity (Wildman–Crippen MR) is 103 cm³/mol. The summed E-state index contributed by atoms with van der Waals surface area (Å²) in [6.45, 7) is 4.52. The Morgan fingerprint density at radius 3 is 2.52 bits per heavy atom. The summed E-state index contributed by atoms with van der Waals surface area (Å²) < 4.78 is 15.5. The maximum Gasteiger partial charge on any atom is 0.335 e. The third-order valence-electron chi connectivity index (χ3n) is 4.48. The van der Waals surface area contributed by atoms with Crippen molar-refractivity contribution in [2.45, 2.75) is 26.9 Å². The Kier molecular flexibility index (Phi) is 5.10. The van der Waals surface area contributed by atoms with Crippen molar-refractivity contribution in [3.8, 4) is 11.1 Å². The number of rotatable bonds is 5. The van der Waals surface area contributed by atoms with Crippen molar-refractivity contribution in [1.82, 2.24) is 4.57 Å². The number of nitrogens with two attached hydrogens (primary N) is 1. The molecule has 6 heteroatoms. The maximum absolute atomic E-state index is 13.9. The van der Waals surface area contributed by atoms with Crippen molar-refractivity contribution in [3.63, 3.8) is 0 Å². The minimum absolute atomic E-state index is 0.0594. The van der Waals surface area contributed by atoms with Crippen molar-refractivity contribution < 1.29 is 14.3 Å². The molecule has 0 aliphatic carbocycles. The number of benzene rings is 2. The molecule has 0 spiro atoms. The van der Waals surface area contributed by atoms with Crippen LogP contribution in [0.5, 0.6) is 0 Å². The van der Waals surface area contributed by atoms with Crippen LogP contribution in [0, 0.1) is 11.7 Å². The molecule has 0 saturated heterocycles. The molecule has 0 atom stereocenters. The highest BCUT2D eigenvalue weighted by molar-refractivity contribution is 6.01. The van der Waals surface area contributed by atoms with Gasteiger partial charge in [0.1, 0.15) is 5.82 Å². The predicted octanol–water partition coefficient (Wildman–Crippen LogP) is 3.62. The van der Waals surface area contributed by atoms with Crippen molar-refractivity contribution in [2.75, 3.05) is 0 Å². The quantitative estimate of drug-likeness (QED) is 0.720. The van der Waals surface area contributed by atoms with E-state index in [0.717, 1.165) is 0 Å². The van der Waals surface area contributed by atoms with E-state index < -0.39 is 11.8 Å². The van der Waals surface area contributed by atoms with E-state index in [9.17, 15) is 19.1 Å². The molecule has 0 fully saturated rings. The molecule has 140 valence electrons. The van der Waals surface area contributed by atoms with Crippen molar-refractivity contribution in [1.29, 1.82) is 0 Å². The lowest BCUT2D eigenvalue weighted by Gasteiger charge is -2.20. The van der Waals surface area contributed by atoms with Gasteiger partial charge in [-0.05, 0) is 47.2 Å². The number of carboxylic acids is 1. The van der Waals surface area contributed by atoms with Gasteiger partial charge >= 0.3 is 5.97 Å². The van der Waals surface area contributed by atoms with Crippen LogP contribution in [0.15, 0.2) is 47.3 Å². The average Bonchev–Trinajstić information content (AvgIpc) is 2.62. The van der Waals surface area contributed by atoms with Gasteiger partial charge < -0.3 is 15.4 Å². The van der Waals surface area contributed by atoms with Gasteiger partial charge in [0, 0.05) is 29.7 Å². The first-order valence-electron chi connectivity index (χ1n) is 8.72. The highest BCUT2D eigenvalue weighted by atomic mass is 19.1. The zero-order valence-corrected chi connectivity index (χ0v) is 15.2. The number of hydrogen-bond donors (Lipinski definition) is 2. The molecule has 1 aromatic heterocycles. The summed E-state index contributed by atoms with van der Waals surface area (Å²) in [5, 5.41) is 10.2. The fraction of sp³-hybridized carbons (Fsp3) is 0.238. The van der Waals surface area contributed by atoms with E-state index in [1.807, 2.05) is 13.8 Å². The number of carboxylic acid groups (broad SMARTS) is 1. The van der Waals surface area contributed by atoms with E-state index in [2.05, 4.69) is 0 Å². The molecule has 0 aliphatic rings. The van der Waals surface area contributed by atoms with E-state index in [1.54, 1.807) is 16.7 Å². The van der Waals surface area contributed by atoms with Crippen LogP contribution in [0.4, 0.5) is 4.39 Å². The summed E-state index contributed by atoms with van der Waals surface area (Å²) in [7, 11) is 0. The largest absolute Gasteiger partial charge is 0.478 e. The number of nitrogens with zero attached hydrogens (tertiary/aromatic N) is 1. The number of halogens is 1. The van der Waals surface area contributed by atoms with E-state index >= 15 is 0 Å². The van der Waals surface area contributed by atoms with Crippen LogP contribution in [0.3, 0.4) is 0 Å². The summed E-state index contributed by atoms with van der Waals surface area (Å²) >= 11 is 0. The van der Waals surface area contributed by atoms with Crippen LogP contribution in [0.2, 0.25) is 0 Å². The molecule has 3 rings (SSSR count). The molecule has 5 nitrogen and oxygen atoms in total. The third kappa shape index (κ3) is 3.48. The van der Waals surface area contributed by atoms with Gasteiger partial charge in [0.2, 0.25) is 0 Å². The van der Waals surface area contributed by atoms with Crippen LogP contribution in [0.1, 0.15) is 29.9 Å². The van der Waals surface area contributed by atoms with Crippen molar-refractivity contribution in [2.24, 2.45) is 11.7 Å². The molecule has 3 aromatic rings. The van der Waals surface area contributed by atoms with Gasteiger partial charge in [-0.15, -0.1) is 0 Å². The summed E-state index contributed by atoms with van der Waals surface area (Å²) in [5.74, 6) is -1.31. The Labute approximate surface area is 155 Å². The number of aromatic carboxylic acids is 1. The number of carbonyl (C=O) groups is 1. The highest BCUT2D eigenvalue weighted by Gasteiger charge is 2.19. The van der Waals surface area contributed by atoms with Crippen LogP contribution in [-0.2, 0) is 13.1 Å². The van der Waals surface area contributed by atoms with E-state index in [4.69, 9.17) is 5.73 Å². The average molecular weight is 368 g/mol. The smallest absolute Gasteiger partial charge is 0.335 e. The third-order valence-corrected chi connectivity index (χ3v) is 4.48. The SMILES string of the molecule is CC(C)Cn1c(CN)c(-c2cccc(F)c2)c2cc(C(=O)O)ccc2c1=O. The fourth-order valence-electron chi connectivity index (χ4n) is 3.37. The molecule has 0 unspecified atom stereocenters. The topological polar surface area (TPSA) is 85.3 Å². The second-order valence-corrected chi connectivity index (χ2v) is 6.91. The molecule has 27 heavy (non-hydrogen) atoms. The Morgan fingerprint density at radius 1 is 1.19 bits per heavy atom. The van der Waals surface area contributed by atoms with Crippen LogP contribution < -0.4 is 11.3 Å². The molecule has 0 radical (unpaired) electrons. The molecule has 3 N–H and O–H groups in total. The van der Waals surface area contributed by atoms with Gasteiger partial charge in [-0.1, -0.05) is 26.0 Å². The number of pyridine rings is 1. The zero-order chi connectivity index (χ0) is 19.7. The van der Waals surface area contributed by atoms with Crippen LogP contribution in [-0.4, -0.2) is 15.6 Å². The summed E-state index contributed by atoms with van der Waals surface area (Å²) in [5.41, 5.74) is 7.54. The second kappa shape index (κ2) is 7.32. The lowest BCUT2D eigenvalue weighted by Crippen LogP contribution is -2.28. The molecule has 0 aliphatic heterocycles. The molecular formula is C21H21FN2O3. The number of aromatic nitrogens is 1. The second-order valence-electron chi connectivity index (χ2n) is 6.91. The van der Waals surface area contributed by atoms with Gasteiger partial charge in [-0.3, -0.25) is 4.79 Å². The Balaban J connectivity index is 2.50. The van der Waals surface area contributed by atoms with E-state index in [0.29, 0.717) is 34.1 Å². The fourth-order valence-corrected chi connectivity index (χ4v) is 3.37. The first kappa shape index (κ1) is 18.8. The Morgan fingerprint density at radius 2 is 1.93 bits per heavy atom. The van der Waals surface area contributed by atoms with Gasteiger partial charge in [0.05, 0.1) is 5.56 Å².